The summed E-state index contributed by atoms with van der Waals surface area (Å²) in [5.41, 5.74) is 5.65. The van der Waals surface area contributed by atoms with Crippen molar-refractivity contribution in [2.24, 2.45) is 11.7 Å². The monoisotopic (exact) mass is 200 g/mol. The van der Waals surface area contributed by atoms with Gasteiger partial charge in [-0.1, -0.05) is 6.92 Å². The van der Waals surface area contributed by atoms with E-state index in [1.807, 2.05) is 0 Å². The number of piperidine rings is 1. The molecule has 1 aliphatic rings. The third-order valence-corrected chi connectivity index (χ3v) is 2.94. The average Bonchev–Trinajstić information content (AvgIpc) is 2.25. The van der Waals surface area contributed by atoms with Crippen LogP contribution in [-0.4, -0.2) is 44.3 Å². The number of rotatable bonds is 6. The summed E-state index contributed by atoms with van der Waals surface area (Å²) in [5.74, 6) is 0.766. The molecule has 0 aromatic carbocycles. The van der Waals surface area contributed by atoms with Gasteiger partial charge in [0.25, 0.3) is 0 Å². The molecule has 3 heteroatoms. The lowest BCUT2D eigenvalue weighted by Gasteiger charge is -2.31. The summed E-state index contributed by atoms with van der Waals surface area (Å²) in [6.45, 7) is 8.30. The fourth-order valence-corrected chi connectivity index (χ4v) is 1.89. The van der Waals surface area contributed by atoms with Crippen LogP contribution in [0, 0.1) is 5.92 Å². The molecule has 3 nitrogen and oxygen atoms in total. The number of likely N-dealkylation sites (tertiary alicyclic amines) is 1. The van der Waals surface area contributed by atoms with Crippen LogP contribution in [0.5, 0.6) is 0 Å². The molecule has 14 heavy (non-hydrogen) atoms. The van der Waals surface area contributed by atoms with Crippen molar-refractivity contribution in [1.29, 1.82) is 0 Å². The molecule has 0 radical (unpaired) electrons. The van der Waals surface area contributed by atoms with E-state index in [0.717, 1.165) is 38.6 Å². The molecule has 84 valence electrons. The van der Waals surface area contributed by atoms with Crippen molar-refractivity contribution in [3.63, 3.8) is 0 Å². The van der Waals surface area contributed by atoms with Gasteiger partial charge >= 0.3 is 0 Å². The first-order chi connectivity index (χ1) is 6.86. The maximum absolute atomic E-state index is 5.65. The highest BCUT2D eigenvalue weighted by Crippen LogP contribution is 2.14. The van der Waals surface area contributed by atoms with Crippen LogP contribution in [0.4, 0.5) is 0 Å². The van der Waals surface area contributed by atoms with E-state index >= 15 is 0 Å². The van der Waals surface area contributed by atoms with Crippen LogP contribution in [0.25, 0.3) is 0 Å². The summed E-state index contributed by atoms with van der Waals surface area (Å²) in [6, 6.07) is 0. The smallest absolute Gasteiger partial charge is 0.0593 e. The van der Waals surface area contributed by atoms with Gasteiger partial charge in [0, 0.05) is 13.2 Å². The van der Waals surface area contributed by atoms with Gasteiger partial charge in [-0.3, -0.25) is 0 Å². The van der Waals surface area contributed by atoms with E-state index in [-0.39, 0.29) is 0 Å². The molecule has 0 aliphatic carbocycles. The molecular formula is C11H24N2O. The van der Waals surface area contributed by atoms with Crippen molar-refractivity contribution >= 4 is 0 Å². The zero-order valence-electron chi connectivity index (χ0n) is 9.37. The van der Waals surface area contributed by atoms with E-state index in [0.29, 0.717) is 0 Å². The molecule has 0 amide bonds. The first-order valence-corrected chi connectivity index (χ1v) is 5.87. The summed E-state index contributed by atoms with van der Waals surface area (Å²) in [6.07, 6.45) is 3.66. The minimum absolute atomic E-state index is 0.766. The Hall–Kier alpha value is -0.120. The van der Waals surface area contributed by atoms with Gasteiger partial charge in [-0.25, -0.2) is 0 Å². The first kappa shape index (κ1) is 12.0. The Morgan fingerprint density at radius 3 is 2.57 bits per heavy atom. The summed E-state index contributed by atoms with van der Waals surface area (Å²) < 4.78 is 5.47. The Kier molecular flexibility index (Phi) is 6.15. The number of hydrogen-bond acceptors (Lipinski definition) is 3. The van der Waals surface area contributed by atoms with Gasteiger partial charge in [0.2, 0.25) is 0 Å². The van der Waals surface area contributed by atoms with Gasteiger partial charge in [-0.2, -0.15) is 0 Å². The second-order valence-electron chi connectivity index (χ2n) is 4.13. The lowest BCUT2D eigenvalue weighted by Crippen LogP contribution is -2.37. The van der Waals surface area contributed by atoms with E-state index in [2.05, 4.69) is 11.8 Å². The largest absolute Gasteiger partial charge is 0.380 e. The quantitative estimate of drug-likeness (QED) is 0.652. The van der Waals surface area contributed by atoms with Gasteiger partial charge < -0.3 is 15.4 Å². The molecule has 1 saturated heterocycles. The zero-order chi connectivity index (χ0) is 10.2. The third kappa shape index (κ3) is 4.40. The molecular weight excluding hydrogens is 176 g/mol. The molecule has 0 bridgehead atoms. The van der Waals surface area contributed by atoms with Gasteiger partial charge in [0.05, 0.1) is 6.61 Å². The molecule has 0 spiro atoms. The Balaban J connectivity index is 1.98. The van der Waals surface area contributed by atoms with Crippen molar-refractivity contribution < 1.29 is 4.74 Å². The van der Waals surface area contributed by atoms with E-state index in [1.54, 1.807) is 0 Å². The number of hydrogen-bond donors (Lipinski definition) is 1. The SMILES string of the molecule is CCCOCCN1CCC(CN)CC1. The van der Waals surface area contributed by atoms with Crippen LogP contribution in [0.2, 0.25) is 0 Å². The lowest BCUT2D eigenvalue weighted by atomic mass is 9.97. The van der Waals surface area contributed by atoms with E-state index in [9.17, 15) is 0 Å². The Bertz CT molecular complexity index is 133. The van der Waals surface area contributed by atoms with Crippen molar-refractivity contribution in [2.75, 3.05) is 39.4 Å². The molecule has 1 rings (SSSR count). The Morgan fingerprint density at radius 1 is 1.29 bits per heavy atom. The predicted octanol–water partition coefficient (Wildman–Crippen LogP) is 1.08. The van der Waals surface area contributed by atoms with Crippen molar-refractivity contribution in [3.05, 3.63) is 0 Å². The van der Waals surface area contributed by atoms with Crippen molar-refractivity contribution in [3.8, 4) is 0 Å². The second-order valence-corrected chi connectivity index (χ2v) is 4.13. The van der Waals surface area contributed by atoms with Crippen LogP contribution >= 0.6 is 0 Å². The lowest BCUT2D eigenvalue weighted by molar-refractivity contribution is 0.0895. The maximum atomic E-state index is 5.65. The fraction of sp³-hybridized carbons (Fsp3) is 1.00. The van der Waals surface area contributed by atoms with E-state index in [4.69, 9.17) is 10.5 Å². The molecule has 2 N–H and O–H groups in total. The number of nitrogens with two attached hydrogens (primary N) is 1. The van der Waals surface area contributed by atoms with Crippen molar-refractivity contribution in [2.45, 2.75) is 26.2 Å². The van der Waals surface area contributed by atoms with Crippen molar-refractivity contribution in [1.82, 2.24) is 4.90 Å². The molecule has 0 unspecified atom stereocenters. The van der Waals surface area contributed by atoms with Crippen LogP contribution < -0.4 is 5.73 Å². The molecule has 0 aromatic heterocycles. The summed E-state index contributed by atoms with van der Waals surface area (Å²) in [4.78, 5) is 2.49. The highest BCUT2D eigenvalue weighted by atomic mass is 16.5. The summed E-state index contributed by atoms with van der Waals surface area (Å²) >= 11 is 0. The second kappa shape index (κ2) is 7.21. The first-order valence-electron chi connectivity index (χ1n) is 5.87. The normalized spacial score (nSPS) is 20.1. The fourth-order valence-electron chi connectivity index (χ4n) is 1.89. The third-order valence-electron chi connectivity index (χ3n) is 2.94. The topological polar surface area (TPSA) is 38.5 Å². The minimum Gasteiger partial charge on any atom is -0.380 e. The number of ether oxygens (including phenoxy) is 1. The minimum atomic E-state index is 0.766. The molecule has 0 saturated carbocycles. The average molecular weight is 200 g/mol. The highest BCUT2D eigenvalue weighted by Gasteiger charge is 2.17. The predicted molar refractivity (Wildman–Crippen MR) is 59.3 cm³/mol. The molecule has 1 aliphatic heterocycles. The Morgan fingerprint density at radius 2 is 2.00 bits per heavy atom. The van der Waals surface area contributed by atoms with Gasteiger partial charge in [0.1, 0.15) is 0 Å². The highest BCUT2D eigenvalue weighted by molar-refractivity contribution is 4.72. The van der Waals surface area contributed by atoms with Gasteiger partial charge in [-0.05, 0) is 44.8 Å². The van der Waals surface area contributed by atoms with Gasteiger partial charge in [-0.15, -0.1) is 0 Å². The Labute approximate surface area is 87.6 Å². The van der Waals surface area contributed by atoms with E-state index < -0.39 is 0 Å². The van der Waals surface area contributed by atoms with Crippen LogP contribution in [0.1, 0.15) is 26.2 Å². The molecule has 1 fully saturated rings. The van der Waals surface area contributed by atoms with E-state index in [1.165, 1.54) is 25.9 Å². The van der Waals surface area contributed by atoms with Gasteiger partial charge in [0.15, 0.2) is 0 Å². The standard InChI is InChI=1S/C11H24N2O/c1-2-8-14-9-7-13-5-3-11(10-12)4-6-13/h11H,2-10,12H2,1H3. The summed E-state index contributed by atoms with van der Waals surface area (Å²) in [5, 5.41) is 0. The maximum Gasteiger partial charge on any atom is 0.0593 e. The number of nitrogens with zero attached hydrogens (tertiary/aromatic N) is 1. The molecule has 0 atom stereocenters. The van der Waals surface area contributed by atoms with Crippen LogP contribution in [0.15, 0.2) is 0 Å². The summed E-state index contributed by atoms with van der Waals surface area (Å²) in [7, 11) is 0. The van der Waals surface area contributed by atoms with Crippen LogP contribution in [-0.2, 0) is 4.74 Å². The molecule has 0 aromatic rings. The molecule has 1 heterocycles. The van der Waals surface area contributed by atoms with Crippen LogP contribution in [0.3, 0.4) is 0 Å². The zero-order valence-corrected chi connectivity index (χ0v) is 9.37.